The van der Waals surface area contributed by atoms with Gasteiger partial charge in [-0.3, -0.25) is 19.6 Å². The van der Waals surface area contributed by atoms with Crippen LogP contribution in [0.4, 0.5) is 22.8 Å². The average molecular weight is 623 g/mol. The second-order valence-electron chi connectivity index (χ2n) is 11.0. The van der Waals surface area contributed by atoms with Crippen molar-refractivity contribution < 1.29 is 37.4 Å². The maximum Gasteiger partial charge on any atom is 0.416 e. The van der Waals surface area contributed by atoms with Gasteiger partial charge in [0.05, 0.1) is 40.9 Å². The van der Waals surface area contributed by atoms with Crippen LogP contribution in [0.1, 0.15) is 37.5 Å². The van der Waals surface area contributed by atoms with Crippen molar-refractivity contribution in [1.82, 2.24) is 20.0 Å². The average Bonchev–Trinajstić information content (AvgIpc) is 3.58. The van der Waals surface area contributed by atoms with Gasteiger partial charge in [-0.25, -0.2) is 4.79 Å². The van der Waals surface area contributed by atoms with E-state index in [1.807, 2.05) is 0 Å². The van der Waals surface area contributed by atoms with Crippen LogP contribution in [0.15, 0.2) is 47.5 Å². The number of halogens is 4. The number of aromatic nitrogens is 2. The second-order valence-corrected chi connectivity index (χ2v) is 12.4. The highest BCUT2D eigenvalue weighted by atomic mass is 35.5. The topological polar surface area (TPSA) is 116 Å². The number of allylic oxidation sites excluding steroid dienone is 1. The fourth-order valence-corrected chi connectivity index (χ4v) is 6.11. The minimum absolute atomic E-state index is 0.0752. The lowest BCUT2D eigenvalue weighted by Crippen LogP contribution is -2.46. The zero-order chi connectivity index (χ0) is 30.6. The number of benzene rings is 2. The summed E-state index contributed by atoms with van der Waals surface area (Å²) >= 11 is 6.46. The van der Waals surface area contributed by atoms with Gasteiger partial charge in [0.25, 0.3) is 11.1 Å². The monoisotopic (exact) mass is 622 g/mol. The van der Waals surface area contributed by atoms with Crippen LogP contribution in [0.25, 0.3) is 16.5 Å². The number of amides is 3. The molecule has 222 valence electrons. The molecule has 0 radical (unpaired) electrons. The number of rotatable bonds is 4. The number of nitrogens with zero attached hydrogens (tertiary/aromatic N) is 3. The lowest BCUT2D eigenvalue weighted by atomic mass is 9.93. The maximum absolute atomic E-state index is 14.0. The Bertz CT molecular complexity index is 1620. The van der Waals surface area contributed by atoms with Crippen LogP contribution in [0.3, 0.4) is 0 Å². The van der Waals surface area contributed by atoms with Crippen molar-refractivity contribution in [3.05, 3.63) is 69.2 Å². The number of hydrogen-bond donors (Lipinski definition) is 2. The maximum atomic E-state index is 14.0. The number of likely N-dealkylation sites (tertiary alicyclic amines) is 1. The lowest BCUT2D eigenvalue weighted by Gasteiger charge is -2.25. The van der Waals surface area contributed by atoms with Crippen molar-refractivity contribution in [3.8, 4) is 0 Å². The number of aromatic amines is 1. The van der Waals surface area contributed by atoms with Gasteiger partial charge < -0.3 is 14.7 Å². The highest BCUT2D eigenvalue weighted by Gasteiger charge is 2.48. The first-order valence-electron chi connectivity index (χ1n) is 12.9. The van der Waals surface area contributed by atoms with E-state index in [1.165, 1.54) is 23.2 Å². The number of fused-ring (bicyclic) bond motifs is 1. The Balaban J connectivity index is 1.55. The van der Waals surface area contributed by atoms with E-state index in [-0.39, 0.29) is 40.6 Å². The molecule has 0 saturated carbocycles. The van der Waals surface area contributed by atoms with Gasteiger partial charge in [0.2, 0.25) is 0 Å². The second kappa shape index (κ2) is 10.9. The van der Waals surface area contributed by atoms with Gasteiger partial charge in [-0.15, -0.1) is 0 Å². The number of aliphatic hydroxyl groups is 1. The summed E-state index contributed by atoms with van der Waals surface area (Å²) in [6.45, 7) is 4.73. The number of alkyl halides is 3. The fourth-order valence-electron chi connectivity index (χ4n) is 4.95. The molecule has 1 aromatic heterocycles. The molecule has 2 atom stereocenters. The molecule has 0 unspecified atom stereocenters. The molecule has 0 bridgehead atoms. The number of hydrogen-bond acceptors (Lipinski definition) is 7. The van der Waals surface area contributed by atoms with Crippen LogP contribution in [0, 0.1) is 0 Å². The summed E-state index contributed by atoms with van der Waals surface area (Å²) in [5.41, 5.74) is -0.626. The number of nitrogens with one attached hydrogen (secondary N) is 1. The minimum Gasteiger partial charge on any atom is -0.444 e. The molecule has 3 heterocycles. The van der Waals surface area contributed by atoms with Gasteiger partial charge in [-0.1, -0.05) is 23.7 Å². The summed E-state index contributed by atoms with van der Waals surface area (Å²) < 4.78 is 47.3. The van der Waals surface area contributed by atoms with E-state index in [9.17, 15) is 32.7 Å². The third kappa shape index (κ3) is 5.99. The van der Waals surface area contributed by atoms with Crippen molar-refractivity contribution in [2.45, 2.75) is 51.1 Å². The van der Waals surface area contributed by atoms with Gasteiger partial charge in [-0.05, 0) is 79.9 Å². The molecule has 2 N–H and O–H groups in total. The van der Waals surface area contributed by atoms with E-state index in [0.717, 1.165) is 11.0 Å². The molecule has 5 rings (SSSR count). The number of ether oxygens (including phenoxy) is 1. The molecular weight excluding hydrogens is 597 g/mol. The molecule has 0 spiro atoms. The Morgan fingerprint density at radius 1 is 1.17 bits per heavy atom. The number of aliphatic hydroxyl groups excluding tert-OH is 1. The Morgan fingerprint density at radius 2 is 1.90 bits per heavy atom. The van der Waals surface area contributed by atoms with E-state index in [4.69, 9.17) is 16.3 Å². The minimum atomic E-state index is -4.72. The molecule has 9 nitrogen and oxygen atoms in total. The molecule has 0 aliphatic carbocycles. The van der Waals surface area contributed by atoms with Crippen molar-refractivity contribution in [2.75, 3.05) is 13.1 Å². The van der Waals surface area contributed by atoms with Crippen LogP contribution < -0.4 is 0 Å². The number of carbonyl (C=O) groups is 3. The third-order valence-corrected chi connectivity index (χ3v) is 8.08. The van der Waals surface area contributed by atoms with Gasteiger partial charge in [0.15, 0.2) is 0 Å². The highest BCUT2D eigenvalue weighted by Crippen LogP contribution is 2.42. The molecule has 3 amide bonds. The van der Waals surface area contributed by atoms with Crippen molar-refractivity contribution in [2.24, 2.45) is 0 Å². The largest absolute Gasteiger partial charge is 0.444 e. The number of β-amino-alcohol motifs (C(OH)–C–C–N with tert-alkyl or cyclic N) is 1. The van der Waals surface area contributed by atoms with E-state index in [0.29, 0.717) is 28.2 Å². The van der Waals surface area contributed by atoms with Crippen LogP contribution in [0.5, 0.6) is 0 Å². The molecule has 3 aromatic rings. The van der Waals surface area contributed by atoms with Gasteiger partial charge >= 0.3 is 12.3 Å². The molecule has 2 aromatic carbocycles. The molecule has 42 heavy (non-hydrogen) atoms. The van der Waals surface area contributed by atoms with Gasteiger partial charge in [-0.2, -0.15) is 18.3 Å². The molecule has 2 fully saturated rings. The summed E-state index contributed by atoms with van der Waals surface area (Å²) in [6, 6.07) is 7.29. The van der Waals surface area contributed by atoms with Gasteiger partial charge in [0, 0.05) is 17.0 Å². The predicted molar refractivity (Wildman–Crippen MR) is 151 cm³/mol. The van der Waals surface area contributed by atoms with E-state index < -0.39 is 46.7 Å². The van der Waals surface area contributed by atoms with Crippen molar-refractivity contribution >= 4 is 57.1 Å². The Kier molecular flexibility index (Phi) is 7.79. The zero-order valence-corrected chi connectivity index (χ0v) is 24.2. The summed E-state index contributed by atoms with van der Waals surface area (Å²) in [5, 5.41) is 17.4. The SMILES string of the molecule is CC(C)(C)OC(=O)N1C[C@H](O)[C@@H](N2C(=O)SC(=C(Cc3ccc(Cl)cc3C(F)(F)F)c3ccc4[nH]ncc4c3)C2=O)C1. The lowest BCUT2D eigenvalue weighted by molar-refractivity contribution is -0.138. The standard InChI is InChI=1S/C28H26ClF3N4O5S/c1-27(2,3)41-25(39)35-12-21(22(37)13-35)36-24(38)23(42-26(36)40)18(14-5-7-20-16(8-14)11-33-34-20)9-15-4-6-17(29)10-19(15)28(30,31)32/h4-8,10-11,21-22,37H,9,12-13H2,1-3H3,(H,33,34)/t21-,22-/m0/s1. The van der Waals surface area contributed by atoms with Gasteiger partial charge in [0.1, 0.15) is 5.60 Å². The van der Waals surface area contributed by atoms with E-state index in [1.54, 1.807) is 39.0 Å². The molecule has 2 saturated heterocycles. The quantitative estimate of drug-likeness (QED) is 0.350. The first-order chi connectivity index (χ1) is 19.6. The number of imide groups is 1. The predicted octanol–water partition coefficient (Wildman–Crippen LogP) is 5.86. The van der Waals surface area contributed by atoms with Crippen LogP contribution in [-0.2, 0) is 22.1 Å². The Hall–Kier alpha value is -3.55. The number of thioether (sulfide) groups is 1. The summed E-state index contributed by atoms with van der Waals surface area (Å²) in [4.78, 5) is 41.7. The smallest absolute Gasteiger partial charge is 0.416 e. The van der Waals surface area contributed by atoms with Crippen LogP contribution >= 0.6 is 23.4 Å². The number of H-pyrrole nitrogens is 1. The molecule has 2 aliphatic rings. The normalized spacial score (nSPS) is 21.0. The summed E-state index contributed by atoms with van der Waals surface area (Å²) in [5.74, 6) is -0.773. The Labute approximate surface area is 247 Å². The molecular formula is C28H26ClF3N4O5S. The van der Waals surface area contributed by atoms with Crippen molar-refractivity contribution in [3.63, 3.8) is 0 Å². The van der Waals surface area contributed by atoms with E-state index >= 15 is 0 Å². The van der Waals surface area contributed by atoms with Crippen LogP contribution in [-0.4, -0.2) is 73.2 Å². The Morgan fingerprint density at radius 3 is 2.60 bits per heavy atom. The van der Waals surface area contributed by atoms with Crippen molar-refractivity contribution in [1.29, 1.82) is 0 Å². The first-order valence-corrected chi connectivity index (χ1v) is 14.1. The summed E-state index contributed by atoms with van der Waals surface area (Å²) in [6.07, 6.45) is -5.49. The fraction of sp³-hybridized carbons (Fsp3) is 0.357. The zero-order valence-electron chi connectivity index (χ0n) is 22.7. The first kappa shape index (κ1) is 29.9. The third-order valence-electron chi connectivity index (χ3n) is 6.85. The number of carbonyl (C=O) groups excluding carboxylic acids is 3. The highest BCUT2D eigenvalue weighted by molar-refractivity contribution is 8.18. The van der Waals surface area contributed by atoms with E-state index in [2.05, 4.69) is 10.2 Å². The molecule has 2 aliphatic heterocycles. The van der Waals surface area contributed by atoms with Crippen LogP contribution in [0.2, 0.25) is 5.02 Å². The molecule has 14 heteroatoms. The summed E-state index contributed by atoms with van der Waals surface area (Å²) in [7, 11) is 0.